The molecule has 1 aliphatic rings. The molecule has 1 fully saturated rings. The molecule has 17 heavy (non-hydrogen) atoms. The molecule has 0 aromatic heterocycles. The van der Waals surface area contributed by atoms with Crippen molar-refractivity contribution in [2.75, 3.05) is 6.54 Å². The molecule has 0 spiro atoms. The first-order chi connectivity index (χ1) is 7.70. The van der Waals surface area contributed by atoms with Gasteiger partial charge in [0.2, 0.25) is 0 Å². The molecule has 0 aromatic carbocycles. The first-order valence-corrected chi connectivity index (χ1v) is 5.60. The number of carboxylic acids is 1. The van der Waals surface area contributed by atoms with Crippen LogP contribution in [0.15, 0.2) is 12.2 Å². The van der Waals surface area contributed by atoms with Crippen molar-refractivity contribution in [3.05, 3.63) is 12.2 Å². The van der Waals surface area contributed by atoms with Gasteiger partial charge in [-0.25, -0.2) is 9.59 Å². The lowest BCUT2D eigenvalue weighted by molar-refractivity contribution is -0.143. The highest BCUT2D eigenvalue weighted by Crippen LogP contribution is 2.22. The number of amides is 1. The van der Waals surface area contributed by atoms with E-state index in [-0.39, 0.29) is 6.54 Å². The number of hydrogen-bond acceptors (Lipinski definition) is 3. The monoisotopic (exact) mass is 241 g/mol. The maximum atomic E-state index is 11.9. The van der Waals surface area contributed by atoms with Crippen LogP contribution in [0.1, 0.15) is 33.6 Å². The summed E-state index contributed by atoms with van der Waals surface area (Å²) in [5.74, 6) is -0.997. The van der Waals surface area contributed by atoms with Crippen LogP contribution in [0.25, 0.3) is 0 Å². The summed E-state index contributed by atoms with van der Waals surface area (Å²) in [7, 11) is 0. The topological polar surface area (TPSA) is 66.8 Å². The number of rotatable bonds is 1. The second-order valence-electron chi connectivity index (χ2n) is 5.25. The van der Waals surface area contributed by atoms with Gasteiger partial charge in [-0.15, -0.1) is 0 Å². The van der Waals surface area contributed by atoms with Gasteiger partial charge >= 0.3 is 12.1 Å². The predicted octanol–water partition coefficient (Wildman–Crippen LogP) is 2.03. The minimum atomic E-state index is -0.997. The zero-order chi connectivity index (χ0) is 13.2. The van der Waals surface area contributed by atoms with Gasteiger partial charge in [-0.2, -0.15) is 0 Å². The van der Waals surface area contributed by atoms with E-state index in [4.69, 9.17) is 9.84 Å². The highest BCUT2D eigenvalue weighted by molar-refractivity contribution is 5.80. The van der Waals surface area contributed by atoms with Gasteiger partial charge in [-0.1, -0.05) is 12.2 Å². The van der Waals surface area contributed by atoms with Crippen LogP contribution in [0, 0.1) is 0 Å². The largest absolute Gasteiger partial charge is 0.480 e. The van der Waals surface area contributed by atoms with Crippen molar-refractivity contribution in [2.45, 2.75) is 45.3 Å². The minimum absolute atomic E-state index is 0.256. The Morgan fingerprint density at radius 1 is 1.47 bits per heavy atom. The van der Waals surface area contributed by atoms with Gasteiger partial charge in [0.15, 0.2) is 0 Å². The van der Waals surface area contributed by atoms with E-state index < -0.39 is 23.7 Å². The summed E-state index contributed by atoms with van der Waals surface area (Å²) in [5, 5.41) is 9.06. The van der Waals surface area contributed by atoms with Gasteiger partial charge in [0.05, 0.1) is 0 Å². The quantitative estimate of drug-likeness (QED) is 0.713. The molecule has 1 aliphatic heterocycles. The molecule has 5 heteroatoms. The number of carboxylic acid groups (broad SMARTS) is 1. The lowest BCUT2D eigenvalue weighted by Gasteiger charge is -2.35. The second-order valence-corrected chi connectivity index (χ2v) is 5.25. The third-order valence-corrected chi connectivity index (χ3v) is 2.45. The van der Waals surface area contributed by atoms with Crippen LogP contribution in [0.2, 0.25) is 0 Å². The maximum absolute atomic E-state index is 11.9. The Labute approximate surface area is 101 Å². The maximum Gasteiger partial charge on any atom is 0.411 e. The van der Waals surface area contributed by atoms with Gasteiger partial charge in [0, 0.05) is 6.54 Å². The number of likely N-dealkylation sites (tertiary alicyclic amines) is 1. The standard InChI is InChI=1S/C12H19NO4/c1-8-5-6-9(10(14)15)13(7-8)11(16)17-12(2,3)4/h9H,1,5-7H2,2-4H3,(H,14,15). The summed E-state index contributed by atoms with van der Waals surface area (Å²) in [6.45, 7) is 9.30. The Balaban J connectivity index is 2.79. The highest BCUT2D eigenvalue weighted by Gasteiger charge is 2.35. The summed E-state index contributed by atoms with van der Waals surface area (Å²) >= 11 is 0. The molecular formula is C12H19NO4. The molecule has 0 radical (unpaired) electrons. The predicted molar refractivity (Wildman–Crippen MR) is 62.7 cm³/mol. The summed E-state index contributed by atoms with van der Waals surface area (Å²) in [6, 6.07) is -0.810. The molecule has 1 saturated heterocycles. The molecule has 1 unspecified atom stereocenters. The Bertz CT molecular complexity index is 343. The molecule has 1 amide bonds. The summed E-state index contributed by atoms with van der Waals surface area (Å²) < 4.78 is 5.19. The summed E-state index contributed by atoms with van der Waals surface area (Å²) in [4.78, 5) is 24.2. The van der Waals surface area contributed by atoms with E-state index in [0.717, 1.165) is 5.57 Å². The molecule has 0 bridgehead atoms. The van der Waals surface area contributed by atoms with Crippen molar-refractivity contribution in [1.82, 2.24) is 4.90 Å². The molecule has 0 saturated carbocycles. The number of carbonyl (C=O) groups is 2. The highest BCUT2D eigenvalue weighted by atomic mass is 16.6. The molecular weight excluding hydrogens is 222 g/mol. The number of aliphatic carboxylic acids is 1. The van der Waals surface area contributed by atoms with Crippen molar-refractivity contribution in [3.63, 3.8) is 0 Å². The Kier molecular flexibility index (Phi) is 3.80. The average molecular weight is 241 g/mol. The first-order valence-electron chi connectivity index (χ1n) is 5.60. The molecule has 1 heterocycles. The fraction of sp³-hybridized carbons (Fsp3) is 0.667. The number of carbonyl (C=O) groups excluding carboxylic acids is 1. The van der Waals surface area contributed by atoms with Crippen LogP contribution in [0.5, 0.6) is 0 Å². The third kappa shape index (κ3) is 3.76. The van der Waals surface area contributed by atoms with Crippen LogP contribution in [0.4, 0.5) is 4.79 Å². The van der Waals surface area contributed by atoms with Crippen LogP contribution in [0.3, 0.4) is 0 Å². The van der Waals surface area contributed by atoms with E-state index >= 15 is 0 Å². The normalized spacial score (nSPS) is 21.2. The molecule has 1 atom stereocenters. The van der Waals surface area contributed by atoms with Crippen LogP contribution in [-0.4, -0.2) is 40.3 Å². The van der Waals surface area contributed by atoms with E-state index in [2.05, 4.69) is 6.58 Å². The number of ether oxygens (including phenoxy) is 1. The molecule has 1 rings (SSSR count). The zero-order valence-corrected chi connectivity index (χ0v) is 10.5. The molecule has 1 N–H and O–H groups in total. The van der Waals surface area contributed by atoms with Crippen molar-refractivity contribution in [2.24, 2.45) is 0 Å². The van der Waals surface area contributed by atoms with Crippen LogP contribution >= 0.6 is 0 Å². The van der Waals surface area contributed by atoms with E-state index in [1.807, 2.05) is 0 Å². The Morgan fingerprint density at radius 2 is 2.06 bits per heavy atom. The molecule has 5 nitrogen and oxygen atoms in total. The lowest BCUT2D eigenvalue weighted by atomic mass is 9.99. The Morgan fingerprint density at radius 3 is 2.53 bits per heavy atom. The SMILES string of the molecule is C=C1CCC(C(=O)O)N(C(=O)OC(C)(C)C)C1. The van der Waals surface area contributed by atoms with Crippen molar-refractivity contribution in [3.8, 4) is 0 Å². The number of hydrogen-bond donors (Lipinski definition) is 1. The number of nitrogens with zero attached hydrogens (tertiary/aromatic N) is 1. The van der Waals surface area contributed by atoms with Gasteiger partial charge in [-0.05, 0) is 33.6 Å². The van der Waals surface area contributed by atoms with E-state index in [9.17, 15) is 9.59 Å². The van der Waals surface area contributed by atoms with Crippen molar-refractivity contribution < 1.29 is 19.4 Å². The lowest BCUT2D eigenvalue weighted by Crippen LogP contribution is -2.50. The second kappa shape index (κ2) is 4.77. The van der Waals surface area contributed by atoms with Crippen molar-refractivity contribution in [1.29, 1.82) is 0 Å². The minimum Gasteiger partial charge on any atom is -0.480 e. The molecule has 96 valence electrons. The number of piperidine rings is 1. The van der Waals surface area contributed by atoms with Crippen molar-refractivity contribution >= 4 is 12.1 Å². The fourth-order valence-electron chi connectivity index (χ4n) is 1.70. The summed E-state index contributed by atoms with van der Waals surface area (Å²) in [6.07, 6.45) is 0.440. The summed E-state index contributed by atoms with van der Waals surface area (Å²) in [5.41, 5.74) is 0.229. The van der Waals surface area contributed by atoms with Gasteiger partial charge in [-0.3, -0.25) is 4.90 Å². The molecule has 0 aromatic rings. The van der Waals surface area contributed by atoms with E-state index in [0.29, 0.717) is 12.8 Å². The van der Waals surface area contributed by atoms with E-state index in [1.165, 1.54) is 4.90 Å². The first kappa shape index (κ1) is 13.5. The molecule has 0 aliphatic carbocycles. The van der Waals surface area contributed by atoms with Gasteiger partial charge < -0.3 is 9.84 Å². The van der Waals surface area contributed by atoms with Gasteiger partial charge in [0.25, 0.3) is 0 Å². The van der Waals surface area contributed by atoms with E-state index in [1.54, 1.807) is 20.8 Å². The smallest absolute Gasteiger partial charge is 0.411 e. The van der Waals surface area contributed by atoms with Crippen LogP contribution < -0.4 is 0 Å². The zero-order valence-electron chi connectivity index (χ0n) is 10.5. The van der Waals surface area contributed by atoms with Gasteiger partial charge in [0.1, 0.15) is 11.6 Å². The Hall–Kier alpha value is -1.52. The van der Waals surface area contributed by atoms with Crippen LogP contribution in [-0.2, 0) is 9.53 Å². The fourth-order valence-corrected chi connectivity index (χ4v) is 1.70. The average Bonchev–Trinajstić information content (AvgIpc) is 2.14. The third-order valence-electron chi connectivity index (χ3n) is 2.45.